The Morgan fingerprint density at radius 1 is 1.24 bits per heavy atom. The molecular weight excluding hydrogens is 322 g/mol. The van der Waals surface area contributed by atoms with E-state index < -0.39 is 12.6 Å². The number of carbonyl (C=O) groups excluding carboxylic acids is 1. The average Bonchev–Trinajstić information content (AvgIpc) is 2.60. The minimum atomic E-state index is -1.07. The summed E-state index contributed by atoms with van der Waals surface area (Å²) in [6.45, 7) is 1.79. The van der Waals surface area contributed by atoms with Gasteiger partial charge in [-0.25, -0.2) is 4.79 Å². The number of carboxylic acids is 1. The summed E-state index contributed by atoms with van der Waals surface area (Å²) in [6.07, 6.45) is 7.51. The van der Waals surface area contributed by atoms with Crippen LogP contribution in [0.2, 0.25) is 0 Å². The minimum absolute atomic E-state index is 0.122. The Hall–Kier alpha value is -2.50. The van der Waals surface area contributed by atoms with Gasteiger partial charge in [-0.3, -0.25) is 4.79 Å². The van der Waals surface area contributed by atoms with E-state index in [1.807, 2.05) is 0 Å². The van der Waals surface area contributed by atoms with Gasteiger partial charge < -0.3 is 19.9 Å². The monoisotopic (exact) mass is 347 g/mol. The standard InChI is InChI=1S/C19H25NO5/c1-13-3-7-15(8-4-13)20-18(21)10-6-14-5-9-16(24-2)17(11-14)25-12-19(22)23/h5-6,9-11,13,15H,3-4,7-8,12H2,1-2H3,(H,20,21)(H,22,23). The van der Waals surface area contributed by atoms with Crippen molar-refractivity contribution in [2.75, 3.05) is 13.7 Å². The fourth-order valence-corrected chi connectivity index (χ4v) is 2.87. The van der Waals surface area contributed by atoms with Gasteiger partial charge in [0.25, 0.3) is 0 Å². The number of amides is 1. The summed E-state index contributed by atoms with van der Waals surface area (Å²) in [5, 5.41) is 11.8. The number of aliphatic carboxylic acids is 1. The molecule has 0 heterocycles. The van der Waals surface area contributed by atoms with E-state index in [0.717, 1.165) is 37.2 Å². The zero-order valence-electron chi connectivity index (χ0n) is 14.7. The van der Waals surface area contributed by atoms with Crippen molar-refractivity contribution in [3.8, 4) is 11.5 Å². The molecule has 1 aliphatic rings. The van der Waals surface area contributed by atoms with E-state index in [1.54, 1.807) is 24.3 Å². The number of hydrogen-bond acceptors (Lipinski definition) is 4. The number of benzene rings is 1. The highest BCUT2D eigenvalue weighted by Crippen LogP contribution is 2.28. The van der Waals surface area contributed by atoms with Crippen LogP contribution in [-0.4, -0.2) is 36.7 Å². The predicted molar refractivity (Wildman–Crippen MR) is 94.7 cm³/mol. The molecule has 1 aromatic rings. The number of carboxylic acid groups (broad SMARTS) is 1. The molecule has 6 nitrogen and oxygen atoms in total. The lowest BCUT2D eigenvalue weighted by Gasteiger charge is -2.26. The van der Waals surface area contributed by atoms with Crippen molar-refractivity contribution < 1.29 is 24.2 Å². The van der Waals surface area contributed by atoms with Crippen LogP contribution in [0.4, 0.5) is 0 Å². The molecule has 0 atom stereocenters. The molecule has 0 unspecified atom stereocenters. The van der Waals surface area contributed by atoms with Gasteiger partial charge in [0.05, 0.1) is 7.11 Å². The van der Waals surface area contributed by atoms with Crippen LogP contribution in [0.25, 0.3) is 6.08 Å². The van der Waals surface area contributed by atoms with Crippen molar-refractivity contribution in [1.82, 2.24) is 5.32 Å². The van der Waals surface area contributed by atoms with Crippen molar-refractivity contribution >= 4 is 18.0 Å². The fraction of sp³-hybridized carbons (Fsp3) is 0.474. The number of carbonyl (C=O) groups is 2. The topological polar surface area (TPSA) is 84.9 Å². The molecular formula is C19H25NO5. The summed E-state index contributed by atoms with van der Waals surface area (Å²) in [6, 6.07) is 5.35. The Bertz CT molecular complexity index is 633. The van der Waals surface area contributed by atoms with Crippen LogP contribution in [0.5, 0.6) is 11.5 Å². The maximum absolute atomic E-state index is 12.1. The first-order chi connectivity index (χ1) is 12.0. The molecule has 1 fully saturated rings. The lowest BCUT2D eigenvalue weighted by molar-refractivity contribution is -0.139. The maximum Gasteiger partial charge on any atom is 0.341 e. The van der Waals surface area contributed by atoms with Gasteiger partial charge in [-0.2, -0.15) is 0 Å². The molecule has 0 aliphatic heterocycles. The zero-order valence-corrected chi connectivity index (χ0v) is 14.7. The van der Waals surface area contributed by atoms with Crippen molar-refractivity contribution in [3.63, 3.8) is 0 Å². The third-order valence-electron chi connectivity index (χ3n) is 4.33. The highest BCUT2D eigenvalue weighted by Gasteiger charge is 2.18. The van der Waals surface area contributed by atoms with Crippen molar-refractivity contribution in [2.45, 2.75) is 38.6 Å². The van der Waals surface area contributed by atoms with Gasteiger partial charge in [0.1, 0.15) is 0 Å². The summed E-state index contributed by atoms with van der Waals surface area (Å²) < 4.78 is 10.4. The van der Waals surface area contributed by atoms with Crippen LogP contribution in [0, 0.1) is 5.92 Å². The Morgan fingerprint density at radius 3 is 2.60 bits per heavy atom. The molecule has 2 rings (SSSR count). The largest absolute Gasteiger partial charge is 0.493 e. The molecule has 1 amide bonds. The van der Waals surface area contributed by atoms with E-state index >= 15 is 0 Å². The Labute approximate surface area is 147 Å². The predicted octanol–water partition coefficient (Wildman–Crippen LogP) is 2.87. The Balaban J connectivity index is 1.96. The molecule has 1 saturated carbocycles. The SMILES string of the molecule is COc1ccc(C=CC(=O)NC2CCC(C)CC2)cc1OCC(=O)O. The number of hydrogen-bond donors (Lipinski definition) is 2. The fourth-order valence-electron chi connectivity index (χ4n) is 2.87. The van der Waals surface area contributed by atoms with Crippen LogP contribution in [0.15, 0.2) is 24.3 Å². The highest BCUT2D eigenvalue weighted by atomic mass is 16.5. The van der Waals surface area contributed by atoms with Gasteiger partial charge >= 0.3 is 5.97 Å². The van der Waals surface area contributed by atoms with Crippen LogP contribution < -0.4 is 14.8 Å². The molecule has 0 spiro atoms. The van der Waals surface area contributed by atoms with Crippen LogP contribution in [0.1, 0.15) is 38.2 Å². The zero-order chi connectivity index (χ0) is 18.2. The van der Waals surface area contributed by atoms with Gasteiger partial charge in [0, 0.05) is 12.1 Å². The molecule has 0 saturated heterocycles. The molecule has 1 aliphatic carbocycles. The van der Waals surface area contributed by atoms with Crippen molar-refractivity contribution in [1.29, 1.82) is 0 Å². The summed E-state index contributed by atoms with van der Waals surface area (Å²) in [4.78, 5) is 22.7. The highest BCUT2D eigenvalue weighted by molar-refractivity contribution is 5.92. The van der Waals surface area contributed by atoms with E-state index in [9.17, 15) is 9.59 Å². The van der Waals surface area contributed by atoms with Gasteiger partial charge in [0.2, 0.25) is 5.91 Å². The Kier molecular flexibility index (Phi) is 6.86. The first-order valence-corrected chi connectivity index (χ1v) is 8.49. The molecule has 0 aromatic heterocycles. The van der Waals surface area contributed by atoms with Crippen LogP contribution in [-0.2, 0) is 9.59 Å². The second kappa shape index (κ2) is 9.11. The quantitative estimate of drug-likeness (QED) is 0.741. The first-order valence-electron chi connectivity index (χ1n) is 8.49. The average molecular weight is 347 g/mol. The molecule has 0 bridgehead atoms. The third-order valence-corrected chi connectivity index (χ3v) is 4.33. The van der Waals surface area contributed by atoms with E-state index in [1.165, 1.54) is 13.2 Å². The van der Waals surface area contributed by atoms with E-state index in [0.29, 0.717) is 11.5 Å². The van der Waals surface area contributed by atoms with Gasteiger partial charge in [-0.1, -0.05) is 13.0 Å². The first kappa shape index (κ1) is 18.8. The van der Waals surface area contributed by atoms with E-state index in [4.69, 9.17) is 14.6 Å². The maximum atomic E-state index is 12.1. The number of rotatable bonds is 7. The number of ether oxygens (including phenoxy) is 2. The lowest BCUT2D eigenvalue weighted by atomic mass is 9.87. The molecule has 136 valence electrons. The second-order valence-electron chi connectivity index (χ2n) is 6.39. The van der Waals surface area contributed by atoms with Crippen LogP contribution in [0.3, 0.4) is 0 Å². The molecule has 0 radical (unpaired) electrons. The number of nitrogens with one attached hydrogen (secondary N) is 1. The van der Waals surface area contributed by atoms with Gasteiger partial charge in [-0.05, 0) is 55.4 Å². The lowest BCUT2D eigenvalue weighted by Crippen LogP contribution is -2.36. The Morgan fingerprint density at radius 2 is 1.96 bits per heavy atom. The van der Waals surface area contributed by atoms with Gasteiger partial charge in [-0.15, -0.1) is 0 Å². The summed E-state index contributed by atoms with van der Waals surface area (Å²) in [5.41, 5.74) is 0.730. The molecule has 25 heavy (non-hydrogen) atoms. The van der Waals surface area contributed by atoms with Gasteiger partial charge in [0.15, 0.2) is 18.1 Å². The minimum Gasteiger partial charge on any atom is -0.493 e. The number of methoxy groups -OCH3 is 1. The summed E-state index contributed by atoms with van der Waals surface area (Å²) >= 11 is 0. The smallest absolute Gasteiger partial charge is 0.341 e. The van der Waals surface area contributed by atoms with E-state index in [-0.39, 0.29) is 11.9 Å². The van der Waals surface area contributed by atoms with Crippen molar-refractivity contribution in [2.24, 2.45) is 5.92 Å². The normalized spacial score (nSPS) is 20.2. The van der Waals surface area contributed by atoms with Crippen molar-refractivity contribution in [3.05, 3.63) is 29.8 Å². The summed E-state index contributed by atoms with van der Waals surface area (Å²) in [5.74, 6) is 0.327. The summed E-state index contributed by atoms with van der Waals surface area (Å²) in [7, 11) is 1.48. The van der Waals surface area contributed by atoms with E-state index in [2.05, 4.69) is 12.2 Å². The van der Waals surface area contributed by atoms with Crippen LogP contribution >= 0.6 is 0 Å². The molecule has 6 heteroatoms. The molecule has 1 aromatic carbocycles. The molecule has 2 N–H and O–H groups in total. The second-order valence-corrected chi connectivity index (χ2v) is 6.39. The third kappa shape index (κ3) is 6.14.